The third kappa shape index (κ3) is 4.21. The summed E-state index contributed by atoms with van der Waals surface area (Å²) in [6.45, 7) is 6.13. The molecule has 4 aliphatic heterocycles. The molecule has 1 atom stereocenters. The number of fused-ring (bicyclic) bond motifs is 3. The van der Waals surface area contributed by atoms with E-state index in [1.165, 1.54) is 0 Å². The largest absolute Gasteiger partial charge is 0.378 e. The molecule has 0 unspecified atom stereocenters. The first kappa shape index (κ1) is 21.6. The van der Waals surface area contributed by atoms with Gasteiger partial charge in [-0.25, -0.2) is 4.39 Å². The van der Waals surface area contributed by atoms with Crippen LogP contribution in [0.1, 0.15) is 31.2 Å². The molecule has 6 rings (SSSR count). The molecule has 1 amide bonds. The minimum absolute atomic E-state index is 0.117. The molecular formula is C24H32FN5O2. The molecule has 5 fully saturated rings. The molecule has 0 spiro atoms. The van der Waals surface area contributed by atoms with Crippen molar-refractivity contribution in [1.82, 2.24) is 15.5 Å². The first-order valence-electron chi connectivity index (χ1n) is 11.9. The van der Waals surface area contributed by atoms with Crippen LogP contribution in [-0.2, 0) is 16.0 Å². The van der Waals surface area contributed by atoms with E-state index in [0.29, 0.717) is 17.5 Å². The number of rotatable bonds is 6. The number of amides is 1. The molecular weight excluding hydrogens is 409 g/mol. The van der Waals surface area contributed by atoms with Crippen molar-refractivity contribution >= 4 is 11.6 Å². The summed E-state index contributed by atoms with van der Waals surface area (Å²) in [5, 5.41) is 15.9. The Balaban J connectivity index is 1.18. The van der Waals surface area contributed by atoms with Crippen molar-refractivity contribution in [3.63, 3.8) is 0 Å². The first-order chi connectivity index (χ1) is 15.6. The minimum atomic E-state index is -0.744. The number of benzene rings is 1. The SMILES string of the molecule is N#C[C@H](Cc1ccc(N2CCN(C3COC3)CC2)cc1F)NC(=O)C12CCC(CC1)CN2. The molecule has 1 aromatic rings. The topological polar surface area (TPSA) is 80.6 Å². The van der Waals surface area contributed by atoms with Crippen LogP contribution < -0.4 is 15.5 Å². The molecule has 1 aromatic carbocycles. The number of nitrogens with zero attached hydrogens (tertiary/aromatic N) is 3. The summed E-state index contributed by atoms with van der Waals surface area (Å²) in [5.74, 6) is 0.231. The molecule has 7 nitrogen and oxygen atoms in total. The lowest BCUT2D eigenvalue weighted by Crippen LogP contribution is -2.64. The van der Waals surface area contributed by atoms with E-state index < -0.39 is 11.6 Å². The third-order valence-corrected chi connectivity index (χ3v) is 7.86. The Morgan fingerprint density at radius 3 is 2.59 bits per heavy atom. The second kappa shape index (κ2) is 8.97. The van der Waals surface area contributed by atoms with Gasteiger partial charge in [-0.3, -0.25) is 9.69 Å². The number of hydrogen-bond donors (Lipinski definition) is 2. The Bertz CT molecular complexity index is 869. The molecule has 8 heteroatoms. The highest BCUT2D eigenvalue weighted by Gasteiger charge is 2.46. The molecule has 4 saturated heterocycles. The van der Waals surface area contributed by atoms with Crippen LogP contribution in [0.25, 0.3) is 0 Å². The van der Waals surface area contributed by atoms with Crippen molar-refractivity contribution < 1.29 is 13.9 Å². The average molecular weight is 442 g/mol. The van der Waals surface area contributed by atoms with Crippen LogP contribution in [0.15, 0.2) is 18.2 Å². The van der Waals surface area contributed by atoms with E-state index in [-0.39, 0.29) is 18.1 Å². The highest BCUT2D eigenvalue weighted by atomic mass is 19.1. The van der Waals surface area contributed by atoms with Crippen molar-refractivity contribution in [3.8, 4) is 6.07 Å². The van der Waals surface area contributed by atoms with E-state index in [9.17, 15) is 14.4 Å². The van der Waals surface area contributed by atoms with Crippen LogP contribution in [0.5, 0.6) is 0 Å². The number of piperazine rings is 1. The summed E-state index contributed by atoms with van der Waals surface area (Å²) in [4.78, 5) is 17.6. The lowest BCUT2D eigenvalue weighted by Gasteiger charge is -2.46. The molecule has 172 valence electrons. The molecule has 1 saturated carbocycles. The van der Waals surface area contributed by atoms with Crippen LogP contribution in [0.3, 0.4) is 0 Å². The monoisotopic (exact) mass is 441 g/mol. The maximum absolute atomic E-state index is 14.9. The van der Waals surface area contributed by atoms with Crippen molar-refractivity contribution in [2.75, 3.05) is 50.8 Å². The predicted octanol–water partition coefficient (Wildman–Crippen LogP) is 1.43. The van der Waals surface area contributed by atoms with Crippen LogP contribution in [0, 0.1) is 23.1 Å². The van der Waals surface area contributed by atoms with E-state index in [1.54, 1.807) is 12.1 Å². The van der Waals surface area contributed by atoms with Crippen molar-refractivity contribution in [2.45, 2.75) is 49.7 Å². The average Bonchev–Trinajstić information content (AvgIpc) is 2.80. The molecule has 32 heavy (non-hydrogen) atoms. The minimum Gasteiger partial charge on any atom is -0.378 e. The Kier molecular flexibility index (Phi) is 6.06. The molecule has 2 bridgehead atoms. The number of halogens is 1. The zero-order valence-corrected chi connectivity index (χ0v) is 18.5. The van der Waals surface area contributed by atoms with E-state index in [4.69, 9.17) is 4.74 Å². The Morgan fingerprint density at radius 1 is 1.28 bits per heavy atom. The van der Waals surface area contributed by atoms with Crippen LogP contribution >= 0.6 is 0 Å². The van der Waals surface area contributed by atoms with Gasteiger partial charge in [0.2, 0.25) is 5.91 Å². The zero-order chi connectivity index (χ0) is 22.1. The number of anilines is 1. The zero-order valence-electron chi connectivity index (χ0n) is 18.5. The first-order valence-corrected chi connectivity index (χ1v) is 11.9. The number of nitriles is 1. The number of ether oxygens (including phenoxy) is 1. The van der Waals surface area contributed by atoms with Gasteiger partial charge in [0.05, 0.1) is 30.9 Å². The third-order valence-electron chi connectivity index (χ3n) is 7.86. The Morgan fingerprint density at radius 2 is 2.03 bits per heavy atom. The van der Waals surface area contributed by atoms with Gasteiger partial charge in [0.1, 0.15) is 11.9 Å². The van der Waals surface area contributed by atoms with E-state index >= 15 is 0 Å². The van der Waals surface area contributed by atoms with E-state index in [1.807, 2.05) is 6.07 Å². The smallest absolute Gasteiger partial charge is 0.241 e. The maximum Gasteiger partial charge on any atom is 0.241 e. The lowest BCUT2D eigenvalue weighted by molar-refractivity contribution is -0.131. The number of carbonyl (C=O) groups excluding carboxylic acids is 1. The van der Waals surface area contributed by atoms with Gasteiger partial charge in [0.25, 0.3) is 0 Å². The summed E-state index contributed by atoms with van der Waals surface area (Å²) in [6.07, 6.45) is 3.90. The lowest BCUT2D eigenvalue weighted by atomic mass is 9.71. The fraction of sp³-hybridized carbons (Fsp3) is 0.667. The van der Waals surface area contributed by atoms with Crippen LogP contribution in [0.2, 0.25) is 0 Å². The number of piperidine rings is 2. The molecule has 0 aromatic heterocycles. The summed E-state index contributed by atoms with van der Waals surface area (Å²) in [6, 6.07) is 7.20. The summed E-state index contributed by atoms with van der Waals surface area (Å²) in [7, 11) is 0. The van der Waals surface area contributed by atoms with Gasteiger partial charge in [0, 0.05) is 38.3 Å². The highest BCUT2D eigenvalue weighted by molar-refractivity contribution is 5.87. The van der Waals surface area contributed by atoms with Crippen LogP contribution in [0.4, 0.5) is 10.1 Å². The maximum atomic E-state index is 14.9. The number of nitrogens with one attached hydrogen (secondary N) is 2. The molecule has 5 aliphatic rings. The van der Waals surface area contributed by atoms with Crippen molar-refractivity contribution in [1.29, 1.82) is 5.26 Å². The molecule has 4 heterocycles. The van der Waals surface area contributed by atoms with E-state index in [2.05, 4.69) is 26.5 Å². The summed E-state index contributed by atoms with van der Waals surface area (Å²) in [5.41, 5.74) is 0.777. The fourth-order valence-electron chi connectivity index (χ4n) is 5.52. The Labute approximate surface area is 188 Å². The van der Waals surface area contributed by atoms with Crippen molar-refractivity contribution in [3.05, 3.63) is 29.6 Å². The van der Waals surface area contributed by atoms with Gasteiger partial charge in [-0.15, -0.1) is 0 Å². The second-order valence-corrected chi connectivity index (χ2v) is 9.76. The van der Waals surface area contributed by atoms with Gasteiger partial charge in [-0.05, 0) is 55.8 Å². The summed E-state index contributed by atoms with van der Waals surface area (Å²) >= 11 is 0. The molecule has 0 radical (unpaired) electrons. The predicted molar refractivity (Wildman–Crippen MR) is 119 cm³/mol. The van der Waals surface area contributed by atoms with Gasteiger partial charge in [-0.2, -0.15) is 5.26 Å². The normalized spacial score (nSPS) is 29.2. The second-order valence-electron chi connectivity index (χ2n) is 9.76. The standard InChI is InChI=1S/C24H32FN5O2/c25-22-12-20(29-7-9-30(10-8-29)21-15-32-16-21)2-1-18(22)11-19(13-26)28-23(31)24-5-3-17(4-6-24)14-27-24/h1-2,12,17,19,21,27H,3-11,14-16H2,(H,28,31)/t17?,19-,24?/m0/s1. The van der Waals surface area contributed by atoms with E-state index in [0.717, 1.165) is 77.3 Å². The fourth-order valence-corrected chi connectivity index (χ4v) is 5.52. The quantitative estimate of drug-likeness (QED) is 0.695. The molecule has 1 aliphatic carbocycles. The highest BCUT2D eigenvalue weighted by Crippen LogP contribution is 2.37. The van der Waals surface area contributed by atoms with Crippen LogP contribution in [-0.4, -0.2) is 74.4 Å². The summed E-state index contributed by atoms with van der Waals surface area (Å²) < 4.78 is 20.2. The van der Waals surface area contributed by atoms with Crippen molar-refractivity contribution in [2.24, 2.45) is 5.92 Å². The number of carbonyl (C=O) groups is 1. The van der Waals surface area contributed by atoms with Gasteiger partial charge >= 0.3 is 0 Å². The van der Waals surface area contributed by atoms with Gasteiger partial charge in [-0.1, -0.05) is 6.07 Å². The van der Waals surface area contributed by atoms with Gasteiger partial charge < -0.3 is 20.3 Å². The molecule has 2 N–H and O–H groups in total. The Hall–Kier alpha value is -2.21. The number of hydrogen-bond acceptors (Lipinski definition) is 6. The van der Waals surface area contributed by atoms with Gasteiger partial charge in [0.15, 0.2) is 0 Å².